The number of nitrogens with one attached hydrogen (secondary N) is 1. The summed E-state index contributed by atoms with van der Waals surface area (Å²) in [6.45, 7) is 12.2. The van der Waals surface area contributed by atoms with Crippen molar-refractivity contribution in [2.45, 2.75) is 67.6 Å². The molecule has 0 saturated carbocycles. The van der Waals surface area contributed by atoms with Crippen molar-refractivity contribution in [1.29, 1.82) is 0 Å². The first kappa shape index (κ1) is 23.5. The van der Waals surface area contributed by atoms with Gasteiger partial charge in [0.1, 0.15) is 6.54 Å². The molecule has 1 N–H and O–H groups in total. The lowest BCUT2D eigenvalue weighted by Crippen LogP contribution is -2.20. The second kappa shape index (κ2) is 8.96. The third kappa shape index (κ3) is 4.29. The molecule has 4 aromatic heterocycles. The van der Waals surface area contributed by atoms with Gasteiger partial charge in [-0.1, -0.05) is 0 Å². The molecule has 0 aromatic carbocycles. The Bertz CT molecular complexity index is 1380. The largest absolute Gasteiger partial charge is 0.321 e. The van der Waals surface area contributed by atoms with E-state index in [1.807, 2.05) is 43.3 Å². The summed E-state index contributed by atoms with van der Waals surface area (Å²) in [4.78, 5) is 17.3. The molecule has 11 heteroatoms. The molecule has 1 amide bonds. The maximum atomic E-state index is 13.6. The molecular weight excluding hydrogens is 442 g/mol. The molecule has 4 heterocycles. The molecule has 0 aliphatic rings. The molecule has 4 rings (SSSR count). The van der Waals surface area contributed by atoms with Crippen LogP contribution in [0, 0.1) is 34.6 Å². The summed E-state index contributed by atoms with van der Waals surface area (Å²) in [5.74, 6) is -0.341. The predicted octanol–water partition coefficient (Wildman–Crippen LogP) is 4.01. The topological polar surface area (TPSA) is 95.5 Å². The number of hydrogen-bond donors (Lipinski definition) is 1. The number of amides is 1. The summed E-state index contributed by atoms with van der Waals surface area (Å²) >= 11 is 0. The fourth-order valence-electron chi connectivity index (χ4n) is 4.18. The van der Waals surface area contributed by atoms with E-state index in [0.717, 1.165) is 23.5 Å². The van der Waals surface area contributed by atoms with Gasteiger partial charge in [0.15, 0.2) is 5.65 Å². The highest BCUT2D eigenvalue weighted by atomic mass is 19.3. The quantitative estimate of drug-likeness (QED) is 0.440. The predicted molar refractivity (Wildman–Crippen MR) is 124 cm³/mol. The third-order valence-electron chi connectivity index (χ3n) is 5.90. The number of carbonyl (C=O) groups excluding carboxylic acids is 1. The van der Waals surface area contributed by atoms with Crippen molar-refractivity contribution in [2.75, 3.05) is 5.32 Å². The highest BCUT2D eigenvalue weighted by molar-refractivity contribution is 5.93. The van der Waals surface area contributed by atoms with Gasteiger partial charge in [-0.25, -0.2) is 18.4 Å². The number of anilines is 1. The van der Waals surface area contributed by atoms with Crippen LogP contribution < -0.4 is 5.32 Å². The molecule has 0 atom stereocenters. The van der Waals surface area contributed by atoms with Gasteiger partial charge in [-0.3, -0.25) is 14.2 Å². The van der Waals surface area contributed by atoms with E-state index >= 15 is 0 Å². The Balaban J connectivity index is 1.57. The van der Waals surface area contributed by atoms with Gasteiger partial charge in [0.05, 0.1) is 40.4 Å². The Morgan fingerprint density at radius 1 is 1.03 bits per heavy atom. The van der Waals surface area contributed by atoms with E-state index in [2.05, 4.69) is 25.6 Å². The second-order valence-corrected chi connectivity index (χ2v) is 8.44. The lowest BCUT2D eigenvalue weighted by Gasteiger charge is -2.08. The molecule has 0 aliphatic heterocycles. The smallest absolute Gasteiger partial charge is 0.264 e. The molecule has 0 bridgehead atoms. The van der Waals surface area contributed by atoms with E-state index in [1.54, 1.807) is 13.8 Å². The van der Waals surface area contributed by atoms with E-state index < -0.39 is 6.43 Å². The number of aromatic nitrogens is 7. The number of hydrogen-bond acceptors (Lipinski definition) is 5. The van der Waals surface area contributed by atoms with E-state index in [4.69, 9.17) is 0 Å². The summed E-state index contributed by atoms with van der Waals surface area (Å²) in [6.07, 6.45) is -0.656. The first-order chi connectivity index (χ1) is 16.1. The first-order valence-electron chi connectivity index (χ1n) is 11.1. The van der Waals surface area contributed by atoms with Crippen LogP contribution in [0.4, 0.5) is 14.5 Å². The minimum atomic E-state index is -2.65. The average molecular weight is 471 g/mol. The molecule has 9 nitrogen and oxygen atoms in total. The number of nitrogens with zero attached hydrogens (tertiary/aromatic N) is 7. The van der Waals surface area contributed by atoms with Crippen molar-refractivity contribution in [3.8, 4) is 0 Å². The number of carbonyl (C=O) groups is 1. The van der Waals surface area contributed by atoms with Gasteiger partial charge >= 0.3 is 0 Å². The summed E-state index contributed by atoms with van der Waals surface area (Å²) in [5, 5.41) is 16.6. The minimum absolute atomic E-state index is 0.124. The lowest BCUT2D eigenvalue weighted by molar-refractivity contribution is -0.116. The number of halogens is 2. The van der Waals surface area contributed by atoms with Crippen molar-refractivity contribution in [1.82, 2.24) is 34.3 Å². The summed E-state index contributed by atoms with van der Waals surface area (Å²) < 4.78 is 32.2. The van der Waals surface area contributed by atoms with Crippen LogP contribution in [0.5, 0.6) is 0 Å². The van der Waals surface area contributed by atoms with Crippen molar-refractivity contribution < 1.29 is 13.6 Å². The molecular formula is C23H28F2N8O. The Morgan fingerprint density at radius 3 is 2.38 bits per heavy atom. The number of pyridine rings is 1. The minimum Gasteiger partial charge on any atom is -0.321 e. The summed E-state index contributed by atoms with van der Waals surface area (Å²) in [5.41, 5.74) is 5.11. The SMILES string of the molecule is CCn1cc(Cn2nc(C)c(NC(=O)Cn3nc(C)c4c(C(F)F)cc(C)nc43)c2C)c(C)n1. The molecule has 180 valence electrons. The highest BCUT2D eigenvalue weighted by Gasteiger charge is 2.22. The maximum absolute atomic E-state index is 13.6. The first-order valence-corrected chi connectivity index (χ1v) is 11.1. The van der Waals surface area contributed by atoms with E-state index in [9.17, 15) is 13.6 Å². The van der Waals surface area contributed by atoms with Crippen molar-refractivity contribution in [2.24, 2.45) is 0 Å². The average Bonchev–Trinajstić information content (AvgIpc) is 3.37. The standard InChI is InChI=1S/C23H28F2N8O/c1-7-31-9-17(13(3)28-31)10-32-16(6)21(15(5)30-32)27-19(34)11-33-23-20(14(4)29-33)18(22(24)25)8-12(2)26-23/h8-9,22H,7,10-11H2,1-6H3,(H,27,34). The zero-order chi connectivity index (χ0) is 24.7. The molecule has 0 saturated heterocycles. The van der Waals surface area contributed by atoms with Crippen LogP contribution in [0.2, 0.25) is 0 Å². The van der Waals surface area contributed by atoms with Crippen LogP contribution in [0.3, 0.4) is 0 Å². The van der Waals surface area contributed by atoms with Gasteiger partial charge in [0.2, 0.25) is 5.91 Å². The Labute approximate surface area is 195 Å². The molecule has 0 aliphatic carbocycles. The van der Waals surface area contributed by atoms with Crippen molar-refractivity contribution in [3.05, 3.63) is 51.9 Å². The van der Waals surface area contributed by atoms with Gasteiger partial charge in [-0.15, -0.1) is 0 Å². The van der Waals surface area contributed by atoms with E-state index in [-0.39, 0.29) is 29.0 Å². The number of fused-ring (bicyclic) bond motifs is 1. The fraction of sp³-hybridized carbons (Fsp3) is 0.435. The van der Waals surface area contributed by atoms with Gasteiger partial charge in [0, 0.05) is 29.6 Å². The van der Waals surface area contributed by atoms with Crippen molar-refractivity contribution >= 4 is 22.6 Å². The Kier molecular flexibility index (Phi) is 6.20. The molecule has 4 aromatic rings. The van der Waals surface area contributed by atoms with Crippen LogP contribution in [-0.2, 0) is 24.4 Å². The number of aryl methyl sites for hydroxylation is 5. The van der Waals surface area contributed by atoms with E-state index in [1.165, 1.54) is 10.7 Å². The Morgan fingerprint density at radius 2 is 1.74 bits per heavy atom. The number of rotatable bonds is 7. The zero-order valence-corrected chi connectivity index (χ0v) is 20.1. The summed E-state index contributed by atoms with van der Waals surface area (Å²) in [6, 6.07) is 1.36. The zero-order valence-electron chi connectivity index (χ0n) is 20.1. The van der Waals surface area contributed by atoms with Gasteiger partial charge in [-0.05, 0) is 47.6 Å². The third-order valence-corrected chi connectivity index (χ3v) is 5.90. The van der Waals surface area contributed by atoms with Crippen LogP contribution in [0.25, 0.3) is 11.0 Å². The second-order valence-electron chi connectivity index (χ2n) is 8.44. The molecule has 0 spiro atoms. The van der Waals surface area contributed by atoms with Crippen molar-refractivity contribution in [3.63, 3.8) is 0 Å². The van der Waals surface area contributed by atoms with Crippen LogP contribution >= 0.6 is 0 Å². The van der Waals surface area contributed by atoms with Gasteiger partial charge in [0.25, 0.3) is 6.43 Å². The van der Waals surface area contributed by atoms with Crippen LogP contribution in [0.15, 0.2) is 12.3 Å². The Hall–Kier alpha value is -3.63. The van der Waals surface area contributed by atoms with Gasteiger partial charge < -0.3 is 5.32 Å². The molecule has 0 fully saturated rings. The monoisotopic (exact) mass is 470 g/mol. The van der Waals surface area contributed by atoms with Gasteiger partial charge in [-0.2, -0.15) is 15.3 Å². The molecule has 34 heavy (non-hydrogen) atoms. The van der Waals surface area contributed by atoms with Crippen LogP contribution in [-0.4, -0.2) is 40.2 Å². The normalized spacial score (nSPS) is 11.7. The fourth-order valence-corrected chi connectivity index (χ4v) is 4.18. The molecule has 0 unspecified atom stereocenters. The lowest BCUT2D eigenvalue weighted by atomic mass is 10.1. The van der Waals surface area contributed by atoms with E-state index in [0.29, 0.717) is 29.3 Å². The van der Waals surface area contributed by atoms with Crippen LogP contribution in [0.1, 0.15) is 52.9 Å². The number of alkyl halides is 2. The maximum Gasteiger partial charge on any atom is 0.264 e. The summed E-state index contributed by atoms with van der Waals surface area (Å²) in [7, 11) is 0. The highest BCUT2D eigenvalue weighted by Crippen LogP contribution is 2.30. The molecule has 0 radical (unpaired) electrons.